The summed E-state index contributed by atoms with van der Waals surface area (Å²) in [5.41, 5.74) is 0. The monoisotopic (exact) mass is 170 g/mol. The largest absolute Gasteiger partial charge is 0.466 e. The normalized spacial score (nSPS) is 29.8. The summed E-state index contributed by atoms with van der Waals surface area (Å²) in [5, 5.41) is 0. The van der Waals surface area contributed by atoms with Gasteiger partial charge in [0.15, 0.2) is 0 Å². The van der Waals surface area contributed by atoms with Crippen LogP contribution in [0.3, 0.4) is 0 Å². The molecular formula is C10H18O2. The van der Waals surface area contributed by atoms with Gasteiger partial charge in [-0.2, -0.15) is 0 Å². The maximum atomic E-state index is 11.4. The van der Waals surface area contributed by atoms with E-state index in [-0.39, 0.29) is 11.9 Å². The molecule has 1 aliphatic rings. The standard InChI is InChI=1S/C10H18O2/c1-3-12-10(11)9-7-5-4-6-8(9)2/h8-9H,3-7H2,1-2H3. The van der Waals surface area contributed by atoms with E-state index < -0.39 is 0 Å². The molecule has 1 fully saturated rings. The fourth-order valence-electron chi connectivity index (χ4n) is 1.92. The van der Waals surface area contributed by atoms with E-state index in [1.54, 1.807) is 0 Å². The Labute approximate surface area is 74.3 Å². The molecule has 12 heavy (non-hydrogen) atoms. The number of hydrogen-bond donors (Lipinski definition) is 0. The molecule has 0 amide bonds. The molecule has 1 aliphatic carbocycles. The number of esters is 1. The second kappa shape index (κ2) is 4.48. The van der Waals surface area contributed by atoms with E-state index in [1.165, 1.54) is 19.3 Å². The zero-order valence-corrected chi connectivity index (χ0v) is 8.01. The molecule has 1 rings (SSSR count). The van der Waals surface area contributed by atoms with Crippen LogP contribution in [0.25, 0.3) is 0 Å². The fourth-order valence-corrected chi connectivity index (χ4v) is 1.92. The highest BCUT2D eigenvalue weighted by atomic mass is 16.5. The second-order valence-electron chi connectivity index (χ2n) is 3.62. The minimum Gasteiger partial charge on any atom is -0.466 e. The van der Waals surface area contributed by atoms with Crippen molar-refractivity contribution in [1.29, 1.82) is 0 Å². The predicted molar refractivity (Wildman–Crippen MR) is 47.8 cm³/mol. The van der Waals surface area contributed by atoms with Crippen molar-refractivity contribution >= 4 is 5.97 Å². The van der Waals surface area contributed by atoms with Gasteiger partial charge in [-0.25, -0.2) is 0 Å². The van der Waals surface area contributed by atoms with Gasteiger partial charge in [0.25, 0.3) is 0 Å². The zero-order chi connectivity index (χ0) is 8.97. The van der Waals surface area contributed by atoms with E-state index in [0.717, 1.165) is 6.42 Å². The van der Waals surface area contributed by atoms with Gasteiger partial charge in [-0.05, 0) is 25.7 Å². The van der Waals surface area contributed by atoms with Crippen LogP contribution in [0.5, 0.6) is 0 Å². The first-order valence-corrected chi connectivity index (χ1v) is 4.92. The summed E-state index contributed by atoms with van der Waals surface area (Å²) in [6.07, 6.45) is 4.67. The van der Waals surface area contributed by atoms with Crippen LogP contribution >= 0.6 is 0 Å². The Hall–Kier alpha value is -0.530. The van der Waals surface area contributed by atoms with Gasteiger partial charge in [0.2, 0.25) is 0 Å². The first-order valence-electron chi connectivity index (χ1n) is 4.92. The summed E-state index contributed by atoms with van der Waals surface area (Å²) in [4.78, 5) is 11.4. The van der Waals surface area contributed by atoms with E-state index in [9.17, 15) is 4.79 Å². The summed E-state index contributed by atoms with van der Waals surface area (Å²) >= 11 is 0. The van der Waals surface area contributed by atoms with E-state index in [2.05, 4.69) is 6.92 Å². The molecule has 0 saturated heterocycles. The Morgan fingerprint density at radius 2 is 2.08 bits per heavy atom. The summed E-state index contributed by atoms with van der Waals surface area (Å²) < 4.78 is 5.01. The zero-order valence-electron chi connectivity index (χ0n) is 8.01. The lowest BCUT2D eigenvalue weighted by Crippen LogP contribution is -2.27. The van der Waals surface area contributed by atoms with Gasteiger partial charge in [0.1, 0.15) is 0 Å². The highest BCUT2D eigenvalue weighted by molar-refractivity contribution is 5.72. The van der Waals surface area contributed by atoms with Crippen LogP contribution in [0.1, 0.15) is 39.5 Å². The van der Waals surface area contributed by atoms with Crippen molar-refractivity contribution in [2.75, 3.05) is 6.61 Å². The highest BCUT2D eigenvalue weighted by Crippen LogP contribution is 2.30. The van der Waals surface area contributed by atoms with Gasteiger partial charge >= 0.3 is 5.97 Å². The summed E-state index contributed by atoms with van der Waals surface area (Å²) in [6, 6.07) is 0. The topological polar surface area (TPSA) is 26.3 Å². The Kier molecular flexibility index (Phi) is 3.57. The second-order valence-corrected chi connectivity index (χ2v) is 3.62. The van der Waals surface area contributed by atoms with Crippen LogP contribution in [0.15, 0.2) is 0 Å². The predicted octanol–water partition coefficient (Wildman–Crippen LogP) is 2.38. The van der Waals surface area contributed by atoms with Crippen molar-refractivity contribution in [2.24, 2.45) is 11.8 Å². The first-order chi connectivity index (χ1) is 5.75. The van der Waals surface area contributed by atoms with Gasteiger partial charge in [-0.3, -0.25) is 4.79 Å². The van der Waals surface area contributed by atoms with Crippen molar-refractivity contribution in [1.82, 2.24) is 0 Å². The molecule has 0 aromatic carbocycles. The summed E-state index contributed by atoms with van der Waals surface area (Å²) in [5.74, 6) is 0.723. The van der Waals surface area contributed by atoms with Crippen molar-refractivity contribution in [2.45, 2.75) is 39.5 Å². The number of carbonyl (C=O) groups is 1. The Balaban J connectivity index is 2.42. The molecule has 0 spiro atoms. The molecule has 0 bridgehead atoms. The van der Waals surface area contributed by atoms with Gasteiger partial charge in [0.05, 0.1) is 12.5 Å². The van der Waals surface area contributed by atoms with Crippen LogP contribution in [0.4, 0.5) is 0 Å². The first kappa shape index (κ1) is 9.56. The highest BCUT2D eigenvalue weighted by Gasteiger charge is 2.28. The number of carbonyl (C=O) groups excluding carboxylic acids is 1. The lowest BCUT2D eigenvalue weighted by atomic mass is 9.80. The average Bonchev–Trinajstić information content (AvgIpc) is 2.05. The van der Waals surface area contributed by atoms with Crippen LogP contribution in [0.2, 0.25) is 0 Å². The average molecular weight is 170 g/mol. The number of ether oxygens (including phenoxy) is 1. The Bertz CT molecular complexity index is 154. The lowest BCUT2D eigenvalue weighted by molar-refractivity contribution is -0.150. The Morgan fingerprint density at radius 3 is 2.67 bits per heavy atom. The molecule has 2 nitrogen and oxygen atoms in total. The van der Waals surface area contributed by atoms with Gasteiger partial charge in [-0.15, -0.1) is 0 Å². The molecule has 0 aromatic rings. The SMILES string of the molecule is CCOC(=O)C1CCCCC1C. The molecule has 2 heteroatoms. The summed E-state index contributed by atoms with van der Waals surface area (Å²) in [6.45, 7) is 4.54. The van der Waals surface area contributed by atoms with Crippen LogP contribution < -0.4 is 0 Å². The van der Waals surface area contributed by atoms with Crippen LogP contribution in [0, 0.1) is 11.8 Å². The molecule has 0 radical (unpaired) electrons. The van der Waals surface area contributed by atoms with Crippen molar-refractivity contribution in [3.05, 3.63) is 0 Å². The molecule has 0 aromatic heterocycles. The van der Waals surface area contributed by atoms with Crippen LogP contribution in [-0.2, 0) is 9.53 Å². The van der Waals surface area contributed by atoms with Crippen LogP contribution in [-0.4, -0.2) is 12.6 Å². The van der Waals surface area contributed by atoms with E-state index in [1.807, 2.05) is 6.92 Å². The maximum absolute atomic E-state index is 11.4. The van der Waals surface area contributed by atoms with Gasteiger partial charge in [0, 0.05) is 0 Å². The fraction of sp³-hybridized carbons (Fsp3) is 0.900. The molecule has 1 saturated carbocycles. The molecular weight excluding hydrogens is 152 g/mol. The Morgan fingerprint density at radius 1 is 1.42 bits per heavy atom. The molecule has 0 N–H and O–H groups in total. The molecule has 2 atom stereocenters. The molecule has 0 heterocycles. The van der Waals surface area contributed by atoms with Gasteiger partial charge < -0.3 is 4.74 Å². The van der Waals surface area contributed by atoms with Crippen molar-refractivity contribution < 1.29 is 9.53 Å². The van der Waals surface area contributed by atoms with E-state index in [0.29, 0.717) is 12.5 Å². The van der Waals surface area contributed by atoms with Gasteiger partial charge in [-0.1, -0.05) is 19.8 Å². The third-order valence-corrected chi connectivity index (χ3v) is 2.70. The lowest BCUT2D eigenvalue weighted by Gasteiger charge is -2.26. The molecule has 2 unspecified atom stereocenters. The maximum Gasteiger partial charge on any atom is 0.309 e. The minimum atomic E-state index is 0.0182. The number of rotatable bonds is 2. The van der Waals surface area contributed by atoms with E-state index in [4.69, 9.17) is 4.74 Å². The van der Waals surface area contributed by atoms with Crippen molar-refractivity contribution in [3.63, 3.8) is 0 Å². The van der Waals surface area contributed by atoms with Crippen molar-refractivity contribution in [3.8, 4) is 0 Å². The molecule has 70 valence electrons. The quantitative estimate of drug-likeness (QED) is 0.595. The number of hydrogen-bond acceptors (Lipinski definition) is 2. The van der Waals surface area contributed by atoms with E-state index >= 15 is 0 Å². The molecule has 0 aliphatic heterocycles. The third-order valence-electron chi connectivity index (χ3n) is 2.70. The minimum absolute atomic E-state index is 0.0182. The third kappa shape index (κ3) is 2.23. The summed E-state index contributed by atoms with van der Waals surface area (Å²) in [7, 11) is 0. The smallest absolute Gasteiger partial charge is 0.309 e.